The number of aliphatic hydroxyl groups excluding tert-OH is 1. The summed E-state index contributed by atoms with van der Waals surface area (Å²) in [5.41, 5.74) is 12.3. The molecule has 18 heavy (non-hydrogen) atoms. The second kappa shape index (κ2) is 6.31. The number of hydrogen-bond donors (Lipinski definition) is 3. The van der Waals surface area contributed by atoms with Crippen LogP contribution in [0.2, 0.25) is 10.0 Å². The fourth-order valence-electron chi connectivity index (χ4n) is 1.46. The Morgan fingerprint density at radius 3 is 1.89 bits per heavy atom. The first-order valence-electron chi connectivity index (χ1n) is 5.32. The summed E-state index contributed by atoms with van der Waals surface area (Å²) in [6, 6.07) is 2.77. The van der Waals surface area contributed by atoms with Gasteiger partial charge in [-0.15, -0.1) is 12.4 Å². The van der Waals surface area contributed by atoms with Crippen molar-refractivity contribution in [2.45, 2.75) is 32.9 Å². The summed E-state index contributed by atoms with van der Waals surface area (Å²) in [5.74, 6) is 0. The molecule has 0 bridgehead atoms. The van der Waals surface area contributed by atoms with Gasteiger partial charge in [0, 0.05) is 6.04 Å². The zero-order valence-electron chi connectivity index (χ0n) is 10.6. The molecule has 0 saturated carbocycles. The summed E-state index contributed by atoms with van der Waals surface area (Å²) < 4.78 is 0. The zero-order chi connectivity index (χ0) is 13.4. The molecule has 0 fully saturated rings. The van der Waals surface area contributed by atoms with Crippen molar-refractivity contribution in [1.82, 2.24) is 0 Å². The molecule has 5 N–H and O–H groups in total. The van der Waals surface area contributed by atoms with Gasteiger partial charge in [-0.05, 0) is 23.1 Å². The third-order valence-corrected chi connectivity index (χ3v) is 3.41. The number of halogens is 3. The van der Waals surface area contributed by atoms with E-state index < -0.39 is 12.1 Å². The van der Waals surface area contributed by atoms with E-state index in [1.165, 1.54) is 0 Å². The van der Waals surface area contributed by atoms with Crippen LogP contribution in [-0.2, 0) is 0 Å². The number of benzene rings is 1. The minimum Gasteiger partial charge on any atom is -0.396 e. The van der Waals surface area contributed by atoms with Crippen molar-refractivity contribution in [3.63, 3.8) is 0 Å². The topological polar surface area (TPSA) is 72.3 Å². The van der Waals surface area contributed by atoms with Gasteiger partial charge in [0.1, 0.15) is 0 Å². The van der Waals surface area contributed by atoms with Gasteiger partial charge in [0.2, 0.25) is 0 Å². The largest absolute Gasteiger partial charge is 0.396 e. The van der Waals surface area contributed by atoms with Gasteiger partial charge in [-0.25, -0.2) is 0 Å². The van der Waals surface area contributed by atoms with E-state index in [0.29, 0.717) is 21.3 Å². The van der Waals surface area contributed by atoms with Crippen molar-refractivity contribution >= 4 is 41.3 Å². The van der Waals surface area contributed by atoms with Gasteiger partial charge >= 0.3 is 0 Å². The first kappa shape index (κ1) is 17.8. The summed E-state index contributed by atoms with van der Waals surface area (Å²) >= 11 is 11.8. The van der Waals surface area contributed by atoms with Crippen LogP contribution >= 0.6 is 35.6 Å². The molecule has 0 saturated heterocycles. The second-order valence-corrected chi connectivity index (χ2v) is 6.05. The average Bonchev–Trinajstić information content (AvgIpc) is 2.21. The predicted octanol–water partition coefficient (Wildman–Crippen LogP) is 3.40. The standard InChI is InChI=1S/C12H18Cl2N2O.ClH/c1-12(2,3)11(16)10(17)6-4-7(13)9(15)8(14)5-6;/h4-5,10-11,17H,15-16H2,1-3H3;1H. The Labute approximate surface area is 124 Å². The predicted molar refractivity (Wildman–Crippen MR) is 80.5 cm³/mol. The third-order valence-electron chi connectivity index (χ3n) is 2.78. The summed E-state index contributed by atoms with van der Waals surface area (Å²) in [4.78, 5) is 0. The summed E-state index contributed by atoms with van der Waals surface area (Å²) in [7, 11) is 0. The minimum atomic E-state index is -0.828. The van der Waals surface area contributed by atoms with Gasteiger partial charge in [0.25, 0.3) is 0 Å². The first-order chi connectivity index (χ1) is 7.64. The molecule has 104 valence electrons. The molecular weight excluding hydrogens is 295 g/mol. The molecule has 2 atom stereocenters. The fraction of sp³-hybridized carbons (Fsp3) is 0.500. The van der Waals surface area contributed by atoms with E-state index in [1.807, 2.05) is 20.8 Å². The minimum absolute atomic E-state index is 0. The molecule has 1 aromatic carbocycles. The molecule has 0 spiro atoms. The molecule has 1 rings (SSSR count). The van der Waals surface area contributed by atoms with Crippen LogP contribution in [0.25, 0.3) is 0 Å². The Balaban J connectivity index is 0.00000289. The lowest BCUT2D eigenvalue weighted by Crippen LogP contribution is -2.40. The van der Waals surface area contributed by atoms with E-state index in [2.05, 4.69) is 0 Å². The lowest BCUT2D eigenvalue weighted by molar-refractivity contribution is 0.0926. The van der Waals surface area contributed by atoms with Crippen molar-refractivity contribution < 1.29 is 5.11 Å². The van der Waals surface area contributed by atoms with Gasteiger partial charge in [0.05, 0.1) is 21.8 Å². The van der Waals surface area contributed by atoms with Crippen LogP contribution in [-0.4, -0.2) is 11.1 Å². The van der Waals surface area contributed by atoms with Crippen molar-refractivity contribution in [3.05, 3.63) is 27.7 Å². The van der Waals surface area contributed by atoms with Gasteiger partial charge < -0.3 is 16.6 Å². The summed E-state index contributed by atoms with van der Waals surface area (Å²) in [6.07, 6.45) is -0.828. The lowest BCUT2D eigenvalue weighted by Gasteiger charge is -2.31. The maximum atomic E-state index is 10.2. The van der Waals surface area contributed by atoms with Crippen LogP contribution in [0.15, 0.2) is 12.1 Å². The molecule has 0 aliphatic heterocycles. The Morgan fingerprint density at radius 1 is 1.17 bits per heavy atom. The van der Waals surface area contributed by atoms with E-state index in [9.17, 15) is 5.11 Å². The van der Waals surface area contributed by atoms with Crippen LogP contribution in [0.1, 0.15) is 32.4 Å². The molecule has 0 radical (unpaired) electrons. The van der Waals surface area contributed by atoms with Crippen molar-refractivity contribution in [1.29, 1.82) is 0 Å². The van der Waals surface area contributed by atoms with Crippen molar-refractivity contribution in [2.24, 2.45) is 11.1 Å². The number of hydrogen-bond acceptors (Lipinski definition) is 3. The summed E-state index contributed by atoms with van der Waals surface area (Å²) in [5, 5.41) is 10.8. The lowest BCUT2D eigenvalue weighted by atomic mass is 9.82. The second-order valence-electron chi connectivity index (χ2n) is 5.23. The first-order valence-corrected chi connectivity index (χ1v) is 6.08. The Morgan fingerprint density at radius 2 is 1.56 bits per heavy atom. The Bertz CT molecular complexity index is 395. The van der Waals surface area contributed by atoms with E-state index >= 15 is 0 Å². The van der Waals surface area contributed by atoms with Crippen molar-refractivity contribution in [3.8, 4) is 0 Å². The zero-order valence-corrected chi connectivity index (χ0v) is 12.9. The summed E-state index contributed by atoms with van der Waals surface area (Å²) in [6.45, 7) is 5.88. The van der Waals surface area contributed by atoms with E-state index in [1.54, 1.807) is 12.1 Å². The molecule has 0 heterocycles. The van der Waals surface area contributed by atoms with Crippen LogP contribution < -0.4 is 11.5 Å². The third kappa shape index (κ3) is 3.90. The van der Waals surface area contributed by atoms with Gasteiger partial charge in [0.15, 0.2) is 0 Å². The monoisotopic (exact) mass is 312 g/mol. The average molecular weight is 314 g/mol. The number of rotatable bonds is 2. The SMILES string of the molecule is CC(C)(C)C(N)C(O)c1cc(Cl)c(N)c(Cl)c1.Cl. The fourth-order valence-corrected chi connectivity index (χ4v) is 1.96. The molecule has 2 unspecified atom stereocenters. The molecule has 0 aliphatic rings. The number of aliphatic hydroxyl groups is 1. The Kier molecular flexibility index (Phi) is 6.24. The molecule has 1 aromatic rings. The van der Waals surface area contributed by atoms with Crippen LogP contribution in [0.5, 0.6) is 0 Å². The molecule has 0 amide bonds. The van der Waals surface area contributed by atoms with Gasteiger partial charge in [-0.1, -0.05) is 44.0 Å². The molecule has 6 heteroatoms. The molecule has 0 aliphatic carbocycles. The highest BCUT2D eigenvalue weighted by Gasteiger charge is 2.29. The highest BCUT2D eigenvalue weighted by Crippen LogP contribution is 2.34. The molecular formula is C12H19Cl3N2O. The molecule has 3 nitrogen and oxygen atoms in total. The van der Waals surface area contributed by atoms with Crippen LogP contribution in [0.3, 0.4) is 0 Å². The maximum absolute atomic E-state index is 10.2. The maximum Gasteiger partial charge on any atom is 0.0947 e. The highest BCUT2D eigenvalue weighted by atomic mass is 35.5. The quantitative estimate of drug-likeness (QED) is 0.733. The number of nitrogen functional groups attached to an aromatic ring is 1. The van der Waals surface area contributed by atoms with E-state index in [0.717, 1.165) is 0 Å². The van der Waals surface area contributed by atoms with Crippen LogP contribution in [0.4, 0.5) is 5.69 Å². The van der Waals surface area contributed by atoms with Gasteiger partial charge in [-0.3, -0.25) is 0 Å². The van der Waals surface area contributed by atoms with E-state index in [4.69, 9.17) is 34.7 Å². The number of nitrogens with two attached hydrogens (primary N) is 2. The number of anilines is 1. The van der Waals surface area contributed by atoms with E-state index in [-0.39, 0.29) is 17.8 Å². The highest BCUT2D eigenvalue weighted by molar-refractivity contribution is 6.38. The molecule has 0 aromatic heterocycles. The Hall–Kier alpha value is -0.190. The normalized spacial score (nSPS) is 14.8. The smallest absolute Gasteiger partial charge is 0.0947 e. The van der Waals surface area contributed by atoms with Crippen LogP contribution in [0, 0.1) is 5.41 Å². The van der Waals surface area contributed by atoms with Crippen molar-refractivity contribution in [2.75, 3.05) is 5.73 Å². The van der Waals surface area contributed by atoms with Gasteiger partial charge in [-0.2, -0.15) is 0 Å².